The van der Waals surface area contributed by atoms with Gasteiger partial charge in [-0.05, 0) is 74.2 Å². The van der Waals surface area contributed by atoms with Gasteiger partial charge in [0, 0.05) is 20.1 Å². The second kappa shape index (κ2) is 13.2. The maximum atomic E-state index is 11.9. The number of thioether (sulfide) groups is 1. The van der Waals surface area contributed by atoms with Gasteiger partial charge in [-0.1, -0.05) is 39.3 Å². The molecular weight excluding hydrogens is 394 g/mol. The molecule has 2 heterocycles. The van der Waals surface area contributed by atoms with Crippen molar-refractivity contribution >= 4 is 34.3 Å². The Morgan fingerprint density at radius 3 is 2.53 bits per heavy atom. The summed E-state index contributed by atoms with van der Waals surface area (Å²) in [5, 5.41) is -0.112. The maximum absolute atomic E-state index is 11.9. The Kier molecular flexibility index (Phi) is 11.3. The molecule has 3 rings (SSSR count). The Labute approximate surface area is 185 Å². The molecule has 0 spiro atoms. The van der Waals surface area contributed by atoms with Gasteiger partial charge in [-0.2, -0.15) is 4.99 Å². The molecule has 0 aromatic rings. The van der Waals surface area contributed by atoms with Crippen LogP contribution in [0.3, 0.4) is 0 Å². The van der Waals surface area contributed by atoms with Crippen LogP contribution < -0.4 is 0 Å². The van der Waals surface area contributed by atoms with Gasteiger partial charge in [0.15, 0.2) is 0 Å². The molecule has 30 heavy (non-hydrogen) atoms. The van der Waals surface area contributed by atoms with E-state index >= 15 is 0 Å². The quantitative estimate of drug-likeness (QED) is 0.540. The van der Waals surface area contributed by atoms with Crippen LogP contribution in [0.2, 0.25) is 0 Å². The summed E-state index contributed by atoms with van der Waals surface area (Å²) in [5.41, 5.74) is 3.16. The summed E-state index contributed by atoms with van der Waals surface area (Å²) < 4.78 is 0. The van der Waals surface area contributed by atoms with E-state index in [1.807, 2.05) is 32.9 Å². The monoisotopic (exact) mass is 429 g/mol. The Bertz CT molecular complexity index is 812. The summed E-state index contributed by atoms with van der Waals surface area (Å²) in [7, 11) is 1.80. The average molecular weight is 430 g/mol. The van der Waals surface area contributed by atoms with E-state index in [-0.39, 0.29) is 11.0 Å². The highest BCUT2D eigenvalue weighted by Gasteiger charge is 2.31. The van der Waals surface area contributed by atoms with Crippen molar-refractivity contribution in [3.05, 3.63) is 46.4 Å². The fourth-order valence-electron chi connectivity index (χ4n) is 3.23. The topological polar surface area (TPSA) is 62.1 Å². The number of ketones is 1. The van der Waals surface area contributed by atoms with E-state index in [1.165, 1.54) is 38.5 Å². The molecule has 0 saturated carbocycles. The zero-order chi connectivity index (χ0) is 22.7. The normalized spacial score (nSPS) is 24.4. The van der Waals surface area contributed by atoms with Crippen LogP contribution in [0.4, 0.5) is 4.79 Å². The molecule has 0 N–H and O–H groups in total. The summed E-state index contributed by atoms with van der Waals surface area (Å²) in [6, 6.07) is 0. The van der Waals surface area contributed by atoms with E-state index in [4.69, 9.17) is 0 Å². The van der Waals surface area contributed by atoms with Crippen molar-refractivity contribution < 1.29 is 9.59 Å². The van der Waals surface area contributed by atoms with Crippen LogP contribution in [0.15, 0.2) is 56.4 Å². The van der Waals surface area contributed by atoms with Gasteiger partial charge in [-0.3, -0.25) is 9.79 Å². The smallest absolute Gasteiger partial charge is 0.311 e. The third-order valence-corrected chi connectivity index (χ3v) is 5.47. The minimum atomic E-state index is -0.112. The van der Waals surface area contributed by atoms with Crippen molar-refractivity contribution in [3.8, 4) is 0 Å². The SMILES string of the molecule is C/C=C1C=C(/C=C2\SC(=O)N=C2N2CC[C@H](CC)C2)C=CC/1=NC.CC.CC(C)=O. The summed E-state index contributed by atoms with van der Waals surface area (Å²) >= 11 is 1.23. The van der Waals surface area contributed by atoms with E-state index in [0.717, 1.165) is 40.7 Å². The summed E-state index contributed by atoms with van der Waals surface area (Å²) in [6.07, 6.45) is 12.7. The highest BCUT2D eigenvalue weighted by Crippen LogP contribution is 2.33. The molecule has 0 radical (unpaired) electrons. The lowest BCUT2D eigenvalue weighted by Gasteiger charge is -2.18. The molecule has 3 aliphatic rings. The fraction of sp³-hybridized carbons (Fsp3) is 0.500. The third-order valence-electron chi connectivity index (χ3n) is 4.68. The van der Waals surface area contributed by atoms with Crippen LogP contribution in [0.25, 0.3) is 0 Å². The van der Waals surface area contributed by atoms with Gasteiger partial charge in [0.1, 0.15) is 11.6 Å². The highest BCUT2D eigenvalue weighted by atomic mass is 32.2. The molecule has 0 aromatic carbocycles. The Balaban J connectivity index is 0.000000673. The Morgan fingerprint density at radius 2 is 2.00 bits per heavy atom. The molecular formula is C24H35N3O2S. The van der Waals surface area contributed by atoms with Gasteiger partial charge >= 0.3 is 5.24 Å². The minimum absolute atomic E-state index is 0.112. The number of allylic oxidation sites excluding steroid dienone is 7. The number of hydrogen-bond acceptors (Lipinski definition) is 5. The zero-order valence-corrected chi connectivity index (χ0v) is 20.2. The van der Waals surface area contributed by atoms with E-state index in [0.29, 0.717) is 5.92 Å². The lowest BCUT2D eigenvalue weighted by molar-refractivity contribution is -0.114. The fourth-order valence-corrected chi connectivity index (χ4v) is 4.01. The van der Waals surface area contributed by atoms with Gasteiger partial charge in [-0.15, -0.1) is 0 Å². The first-order chi connectivity index (χ1) is 14.4. The largest absolute Gasteiger partial charge is 0.355 e. The molecule has 5 nitrogen and oxygen atoms in total. The first-order valence-electron chi connectivity index (χ1n) is 10.7. The number of amidine groups is 1. The molecule has 0 bridgehead atoms. The van der Waals surface area contributed by atoms with Crippen molar-refractivity contribution in [1.82, 2.24) is 4.90 Å². The molecule has 1 fully saturated rings. The minimum Gasteiger partial charge on any atom is -0.355 e. The van der Waals surface area contributed by atoms with Crippen LogP contribution in [0, 0.1) is 5.92 Å². The number of rotatable bonds is 2. The molecule has 1 amide bonds. The van der Waals surface area contributed by atoms with Gasteiger partial charge in [0.2, 0.25) is 0 Å². The number of carbonyl (C=O) groups is 2. The van der Waals surface area contributed by atoms with E-state index in [9.17, 15) is 9.59 Å². The van der Waals surface area contributed by atoms with Crippen molar-refractivity contribution in [3.63, 3.8) is 0 Å². The number of hydrogen-bond donors (Lipinski definition) is 0. The highest BCUT2D eigenvalue weighted by molar-refractivity contribution is 8.18. The van der Waals surface area contributed by atoms with E-state index < -0.39 is 0 Å². The van der Waals surface area contributed by atoms with Crippen molar-refractivity contribution in [2.45, 2.75) is 54.4 Å². The number of nitrogens with zero attached hydrogens (tertiary/aromatic N) is 3. The predicted molar refractivity (Wildman–Crippen MR) is 131 cm³/mol. The first kappa shape index (κ1) is 25.8. The van der Waals surface area contributed by atoms with Crippen molar-refractivity contribution in [2.24, 2.45) is 15.9 Å². The molecule has 1 saturated heterocycles. The first-order valence-corrected chi connectivity index (χ1v) is 11.5. The lowest BCUT2D eigenvalue weighted by atomic mass is 9.99. The van der Waals surface area contributed by atoms with Crippen molar-refractivity contribution in [1.29, 1.82) is 0 Å². The summed E-state index contributed by atoms with van der Waals surface area (Å²) in [4.78, 5) is 33.1. The third kappa shape index (κ3) is 7.56. The summed E-state index contributed by atoms with van der Waals surface area (Å²) in [6.45, 7) is 13.3. The number of likely N-dealkylation sites (tertiary alicyclic amines) is 1. The van der Waals surface area contributed by atoms with E-state index in [1.54, 1.807) is 7.05 Å². The Morgan fingerprint density at radius 1 is 1.33 bits per heavy atom. The molecule has 1 aliphatic carbocycles. The average Bonchev–Trinajstić information content (AvgIpc) is 3.35. The number of aliphatic imine (C=N–C) groups is 2. The summed E-state index contributed by atoms with van der Waals surface area (Å²) in [5.74, 6) is 1.73. The zero-order valence-electron chi connectivity index (χ0n) is 19.4. The predicted octanol–water partition coefficient (Wildman–Crippen LogP) is 6.00. The molecule has 6 heteroatoms. The standard InChI is InChI=1S/C19H23N3OS.C3H6O.C2H6/c1-4-13-8-9-22(12-13)18-17(24-19(23)21-18)11-14-6-7-16(20-3)15(5-2)10-14;1-3(2)4;1-2/h5-7,10-11,13H,4,8-9,12H2,1-3H3;1-2H3;1-2H3/b15-5-,17-11-,20-16?;;/t13-;;/m0../s1. The van der Waals surface area contributed by atoms with Gasteiger partial charge < -0.3 is 9.69 Å². The van der Waals surface area contributed by atoms with Crippen LogP contribution >= 0.6 is 11.8 Å². The molecule has 164 valence electrons. The van der Waals surface area contributed by atoms with Gasteiger partial charge in [-0.25, -0.2) is 0 Å². The van der Waals surface area contributed by atoms with Crippen LogP contribution in [0.5, 0.6) is 0 Å². The maximum Gasteiger partial charge on any atom is 0.311 e. The van der Waals surface area contributed by atoms with Gasteiger partial charge in [0.05, 0.1) is 10.6 Å². The van der Waals surface area contributed by atoms with Crippen LogP contribution in [0.1, 0.15) is 54.4 Å². The number of carbonyl (C=O) groups excluding carboxylic acids is 2. The molecule has 0 aromatic heterocycles. The van der Waals surface area contributed by atoms with Crippen LogP contribution in [-0.4, -0.2) is 47.6 Å². The van der Waals surface area contributed by atoms with Crippen LogP contribution in [-0.2, 0) is 4.79 Å². The van der Waals surface area contributed by atoms with Gasteiger partial charge in [0.25, 0.3) is 0 Å². The molecule has 2 aliphatic heterocycles. The second-order valence-corrected chi connectivity index (χ2v) is 8.05. The molecule has 0 unspecified atom stereocenters. The lowest BCUT2D eigenvalue weighted by Crippen LogP contribution is -2.28. The Hall–Kier alpha value is -2.21. The van der Waals surface area contributed by atoms with E-state index in [2.05, 4.69) is 40.0 Å². The molecule has 1 atom stereocenters. The number of amides is 1. The van der Waals surface area contributed by atoms with Crippen molar-refractivity contribution in [2.75, 3.05) is 20.1 Å². The second-order valence-electron chi connectivity index (χ2n) is 7.06. The number of Topliss-reactive ketones (excluding diaryl/α,β-unsaturated/α-hetero) is 1.